The van der Waals surface area contributed by atoms with Gasteiger partial charge < -0.3 is 14.2 Å². The van der Waals surface area contributed by atoms with E-state index < -0.39 is 17.7 Å². The molecule has 0 aromatic heterocycles. The van der Waals surface area contributed by atoms with Crippen LogP contribution in [0.4, 0.5) is 0 Å². The third-order valence-corrected chi connectivity index (χ3v) is 3.63. The van der Waals surface area contributed by atoms with Crippen LogP contribution in [0.1, 0.15) is 45.6 Å². The fourth-order valence-corrected chi connectivity index (χ4v) is 2.41. The molecule has 0 atom stereocenters. The molecule has 0 amide bonds. The summed E-state index contributed by atoms with van der Waals surface area (Å²) >= 11 is 6.02. The van der Waals surface area contributed by atoms with Crippen molar-refractivity contribution in [3.05, 3.63) is 34.4 Å². The van der Waals surface area contributed by atoms with E-state index in [-0.39, 0.29) is 5.57 Å². The second-order valence-electron chi connectivity index (χ2n) is 5.97. The Balaban J connectivity index is 2.25. The molecule has 5 nitrogen and oxygen atoms in total. The van der Waals surface area contributed by atoms with Crippen LogP contribution in [0.5, 0.6) is 5.75 Å². The maximum Gasteiger partial charge on any atom is 0.348 e. The summed E-state index contributed by atoms with van der Waals surface area (Å²) in [6.07, 6.45) is 4.47. The summed E-state index contributed by atoms with van der Waals surface area (Å²) in [4.78, 5) is 24.1. The van der Waals surface area contributed by atoms with Gasteiger partial charge in [-0.15, -0.1) is 0 Å². The molecule has 1 fully saturated rings. The number of hydrogen-bond acceptors (Lipinski definition) is 5. The largest absolute Gasteiger partial charge is 0.493 e. The number of carbonyl (C=O) groups excluding carboxylic acids is 2. The number of unbranched alkanes of at least 4 members (excludes halogenated alkanes) is 2. The van der Waals surface area contributed by atoms with Crippen molar-refractivity contribution in [1.82, 2.24) is 0 Å². The van der Waals surface area contributed by atoms with Crippen molar-refractivity contribution in [3.63, 3.8) is 0 Å². The van der Waals surface area contributed by atoms with Crippen LogP contribution in [0.2, 0.25) is 5.02 Å². The number of hydrogen-bond donors (Lipinski definition) is 0. The van der Waals surface area contributed by atoms with E-state index >= 15 is 0 Å². The number of cyclic esters (lactones) is 2. The summed E-state index contributed by atoms with van der Waals surface area (Å²) in [5.74, 6) is -2.17. The zero-order chi connectivity index (χ0) is 17.7. The zero-order valence-corrected chi connectivity index (χ0v) is 14.8. The van der Waals surface area contributed by atoms with Crippen molar-refractivity contribution >= 4 is 29.6 Å². The molecule has 2 rings (SSSR count). The summed E-state index contributed by atoms with van der Waals surface area (Å²) < 4.78 is 15.9. The van der Waals surface area contributed by atoms with Gasteiger partial charge in [-0.25, -0.2) is 9.59 Å². The Hall–Kier alpha value is -2.01. The molecule has 1 aliphatic rings. The van der Waals surface area contributed by atoms with Crippen molar-refractivity contribution in [3.8, 4) is 5.75 Å². The molecule has 24 heavy (non-hydrogen) atoms. The monoisotopic (exact) mass is 352 g/mol. The smallest absolute Gasteiger partial charge is 0.348 e. The Morgan fingerprint density at radius 1 is 1.17 bits per heavy atom. The van der Waals surface area contributed by atoms with E-state index in [0.717, 1.165) is 19.3 Å². The summed E-state index contributed by atoms with van der Waals surface area (Å²) in [5.41, 5.74) is 0.345. The minimum Gasteiger partial charge on any atom is -0.493 e. The molecule has 0 spiro atoms. The Kier molecular flexibility index (Phi) is 5.89. The normalized spacial score (nSPS) is 16.4. The summed E-state index contributed by atoms with van der Waals surface area (Å²) in [7, 11) is 0. The minimum absolute atomic E-state index is 0.185. The van der Waals surface area contributed by atoms with Crippen LogP contribution in [-0.4, -0.2) is 24.3 Å². The molecule has 6 heteroatoms. The standard InChI is InChI=1S/C18H21ClO5/c1-4-5-6-9-22-15-8-7-13(19)10-12(15)11-14-16(20)23-18(2,3)24-17(14)21/h7-8,10-11H,4-6,9H2,1-3H3. The molecule has 1 aromatic carbocycles. The van der Waals surface area contributed by atoms with E-state index in [9.17, 15) is 9.59 Å². The van der Waals surface area contributed by atoms with Gasteiger partial charge in [-0.1, -0.05) is 31.4 Å². The van der Waals surface area contributed by atoms with E-state index in [1.807, 2.05) is 0 Å². The predicted octanol–water partition coefficient (Wildman–Crippen LogP) is 4.13. The van der Waals surface area contributed by atoms with Crippen LogP contribution >= 0.6 is 11.6 Å². The third-order valence-electron chi connectivity index (χ3n) is 3.39. The first-order valence-electron chi connectivity index (χ1n) is 7.93. The summed E-state index contributed by atoms with van der Waals surface area (Å²) in [6.45, 7) is 5.66. The number of halogens is 1. The van der Waals surface area contributed by atoms with Crippen LogP contribution in [0, 0.1) is 0 Å². The van der Waals surface area contributed by atoms with Gasteiger partial charge in [0.15, 0.2) is 0 Å². The number of carbonyl (C=O) groups is 2. The highest BCUT2D eigenvalue weighted by molar-refractivity contribution is 6.30. The van der Waals surface area contributed by atoms with E-state index in [0.29, 0.717) is 22.9 Å². The van der Waals surface area contributed by atoms with Gasteiger partial charge in [0, 0.05) is 24.4 Å². The lowest BCUT2D eigenvalue weighted by molar-refractivity contribution is -0.222. The fraction of sp³-hybridized carbons (Fsp3) is 0.444. The van der Waals surface area contributed by atoms with E-state index in [4.69, 9.17) is 25.8 Å². The first kappa shape index (κ1) is 18.3. The Bertz CT molecular complexity index is 641. The molecule has 0 saturated carbocycles. The van der Waals surface area contributed by atoms with Gasteiger partial charge in [0.1, 0.15) is 11.3 Å². The molecule has 1 saturated heterocycles. The van der Waals surface area contributed by atoms with Gasteiger partial charge in [0.25, 0.3) is 5.79 Å². The van der Waals surface area contributed by atoms with Gasteiger partial charge in [-0.05, 0) is 30.7 Å². The molecule has 0 unspecified atom stereocenters. The van der Waals surface area contributed by atoms with Crippen molar-refractivity contribution in [1.29, 1.82) is 0 Å². The van der Waals surface area contributed by atoms with Crippen LogP contribution in [0.25, 0.3) is 6.08 Å². The summed E-state index contributed by atoms with van der Waals surface area (Å²) in [6, 6.07) is 5.04. The average Bonchev–Trinajstić information content (AvgIpc) is 2.48. The molecule has 0 radical (unpaired) electrons. The van der Waals surface area contributed by atoms with Gasteiger partial charge in [-0.2, -0.15) is 0 Å². The lowest BCUT2D eigenvalue weighted by Gasteiger charge is -2.29. The topological polar surface area (TPSA) is 61.8 Å². The second-order valence-corrected chi connectivity index (χ2v) is 6.41. The molecule has 1 heterocycles. The number of benzene rings is 1. The first-order valence-corrected chi connectivity index (χ1v) is 8.31. The van der Waals surface area contributed by atoms with Crippen LogP contribution < -0.4 is 4.74 Å². The molecule has 0 aliphatic carbocycles. The third kappa shape index (κ3) is 4.74. The average molecular weight is 353 g/mol. The summed E-state index contributed by atoms with van der Waals surface area (Å²) in [5, 5.41) is 0.473. The van der Waals surface area contributed by atoms with E-state index in [2.05, 4.69) is 6.92 Å². The predicted molar refractivity (Wildman–Crippen MR) is 90.7 cm³/mol. The van der Waals surface area contributed by atoms with Gasteiger partial charge >= 0.3 is 11.9 Å². The van der Waals surface area contributed by atoms with Gasteiger partial charge in [0.2, 0.25) is 0 Å². The van der Waals surface area contributed by atoms with Crippen LogP contribution in [0.15, 0.2) is 23.8 Å². The molecule has 0 bridgehead atoms. The number of ether oxygens (including phenoxy) is 3. The van der Waals surface area contributed by atoms with Crippen molar-refractivity contribution in [2.75, 3.05) is 6.61 Å². The molecule has 1 aliphatic heterocycles. The molecular formula is C18H21ClO5. The Morgan fingerprint density at radius 3 is 2.46 bits per heavy atom. The highest BCUT2D eigenvalue weighted by Gasteiger charge is 2.39. The lowest BCUT2D eigenvalue weighted by atomic mass is 10.1. The van der Waals surface area contributed by atoms with Gasteiger partial charge in [-0.3, -0.25) is 0 Å². The highest BCUT2D eigenvalue weighted by atomic mass is 35.5. The number of esters is 2. The van der Waals surface area contributed by atoms with Crippen LogP contribution in [-0.2, 0) is 19.1 Å². The second kappa shape index (κ2) is 7.71. The first-order chi connectivity index (χ1) is 11.3. The van der Waals surface area contributed by atoms with E-state index in [1.54, 1.807) is 18.2 Å². The lowest BCUT2D eigenvalue weighted by Crippen LogP contribution is -2.41. The quantitative estimate of drug-likeness (QED) is 0.333. The molecular weight excluding hydrogens is 332 g/mol. The van der Waals surface area contributed by atoms with Crippen molar-refractivity contribution < 1.29 is 23.8 Å². The van der Waals surface area contributed by atoms with Crippen molar-refractivity contribution in [2.24, 2.45) is 0 Å². The van der Waals surface area contributed by atoms with Gasteiger partial charge in [0.05, 0.1) is 6.61 Å². The molecule has 130 valence electrons. The maximum atomic E-state index is 12.1. The van der Waals surface area contributed by atoms with Crippen molar-refractivity contribution in [2.45, 2.75) is 45.8 Å². The molecule has 1 aromatic rings. The number of rotatable bonds is 6. The molecule has 0 N–H and O–H groups in total. The van der Waals surface area contributed by atoms with Crippen LogP contribution in [0.3, 0.4) is 0 Å². The SMILES string of the molecule is CCCCCOc1ccc(Cl)cc1C=C1C(=O)OC(C)(C)OC1=O. The minimum atomic E-state index is -1.26. The highest BCUT2D eigenvalue weighted by Crippen LogP contribution is 2.29. The fourth-order valence-electron chi connectivity index (χ4n) is 2.23. The maximum absolute atomic E-state index is 12.1. The van der Waals surface area contributed by atoms with E-state index in [1.165, 1.54) is 19.9 Å². The zero-order valence-electron chi connectivity index (χ0n) is 14.1. The Morgan fingerprint density at radius 2 is 1.83 bits per heavy atom. The Labute approximate surface area is 146 Å².